The summed E-state index contributed by atoms with van der Waals surface area (Å²) < 4.78 is 28.1. The fourth-order valence-electron chi connectivity index (χ4n) is 2.80. The van der Waals surface area contributed by atoms with Gasteiger partial charge in [0.15, 0.2) is 5.16 Å². The first kappa shape index (κ1) is 21.0. The number of carbonyl (C=O) groups is 1. The van der Waals surface area contributed by atoms with Crippen LogP contribution in [0.15, 0.2) is 52.4 Å². The third-order valence-electron chi connectivity index (χ3n) is 4.24. The van der Waals surface area contributed by atoms with Gasteiger partial charge in [-0.1, -0.05) is 37.7 Å². The number of amides is 1. The fraction of sp³-hybridized carbons (Fsp3) is 0.286. The lowest BCUT2D eigenvalue weighted by atomic mass is 10.1. The number of thioether (sulfide) groups is 1. The number of benzene rings is 2. The predicted molar refractivity (Wildman–Crippen MR) is 111 cm³/mol. The van der Waals surface area contributed by atoms with Crippen LogP contribution >= 0.6 is 11.8 Å². The second kappa shape index (κ2) is 9.17. The molecule has 0 saturated heterocycles. The zero-order valence-corrected chi connectivity index (χ0v) is 16.9. The SMILES string of the molecule is CC(C)CCn1c(SCC(=O)Nc2cc(F)cc(F)c2)nc2ccccc2c1=O. The van der Waals surface area contributed by atoms with Gasteiger partial charge in [0.25, 0.3) is 5.56 Å². The van der Waals surface area contributed by atoms with Crippen LogP contribution in [0.3, 0.4) is 0 Å². The highest BCUT2D eigenvalue weighted by molar-refractivity contribution is 7.99. The quantitative estimate of drug-likeness (QED) is 0.456. The molecule has 3 rings (SSSR count). The van der Waals surface area contributed by atoms with Gasteiger partial charge >= 0.3 is 0 Å². The normalized spacial score (nSPS) is 11.2. The lowest BCUT2D eigenvalue weighted by Crippen LogP contribution is -2.25. The molecule has 2 aromatic carbocycles. The number of hydrogen-bond donors (Lipinski definition) is 1. The minimum absolute atomic E-state index is 0.0387. The van der Waals surface area contributed by atoms with Gasteiger partial charge < -0.3 is 5.32 Å². The summed E-state index contributed by atoms with van der Waals surface area (Å²) in [7, 11) is 0. The number of fused-ring (bicyclic) bond motifs is 1. The molecule has 0 radical (unpaired) electrons. The van der Waals surface area contributed by atoms with Crippen molar-refractivity contribution in [3.63, 3.8) is 0 Å². The molecule has 152 valence electrons. The van der Waals surface area contributed by atoms with Gasteiger partial charge in [-0.3, -0.25) is 14.2 Å². The van der Waals surface area contributed by atoms with E-state index < -0.39 is 17.5 Å². The molecule has 1 N–H and O–H groups in total. The number of para-hydroxylation sites is 1. The van der Waals surface area contributed by atoms with Crippen LogP contribution in [0.1, 0.15) is 20.3 Å². The van der Waals surface area contributed by atoms with E-state index in [1.165, 1.54) is 0 Å². The Kier molecular flexibility index (Phi) is 6.64. The van der Waals surface area contributed by atoms with Crippen molar-refractivity contribution in [2.24, 2.45) is 5.92 Å². The first-order chi connectivity index (χ1) is 13.8. The summed E-state index contributed by atoms with van der Waals surface area (Å²) in [5.74, 6) is -1.64. The van der Waals surface area contributed by atoms with Crippen LogP contribution in [0, 0.1) is 17.6 Å². The Morgan fingerprint density at radius 3 is 2.55 bits per heavy atom. The van der Waals surface area contributed by atoms with Crippen molar-refractivity contribution in [2.75, 3.05) is 11.1 Å². The van der Waals surface area contributed by atoms with Crippen molar-refractivity contribution in [1.82, 2.24) is 9.55 Å². The predicted octanol–water partition coefficient (Wildman–Crippen LogP) is 4.45. The number of rotatable bonds is 7. The number of halogens is 2. The van der Waals surface area contributed by atoms with Gasteiger partial charge in [0.05, 0.1) is 16.7 Å². The smallest absolute Gasteiger partial charge is 0.262 e. The Morgan fingerprint density at radius 1 is 1.17 bits per heavy atom. The molecule has 8 heteroatoms. The van der Waals surface area contributed by atoms with E-state index in [9.17, 15) is 18.4 Å². The van der Waals surface area contributed by atoms with E-state index in [4.69, 9.17) is 0 Å². The Morgan fingerprint density at radius 2 is 1.86 bits per heavy atom. The van der Waals surface area contributed by atoms with Crippen molar-refractivity contribution in [3.05, 3.63) is 64.5 Å². The maximum absolute atomic E-state index is 13.3. The minimum atomic E-state index is -0.772. The van der Waals surface area contributed by atoms with Crippen LogP contribution < -0.4 is 10.9 Å². The summed E-state index contributed by atoms with van der Waals surface area (Å²) in [6.07, 6.45) is 0.794. The molecule has 3 aromatic rings. The standard InChI is InChI=1S/C21H21F2N3O2S/c1-13(2)7-8-26-20(28)17-5-3-4-6-18(17)25-21(26)29-12-19(27)24-16-10-14(22)9-15(23)11-16/h3-6,9-11,13H,7-8,12H2,1-2H3,(H,24,27). The largest absolute Gasteiger partial charge is 0.325 e. The highest BCUT2D eigenvalue weighted by Gasteiger charge is 2.14. The van der Waals surface area contributed by atoms with E-state index >= 15 is 0 Å². The molecule has 0 saturated carbocycles. The summed E-state index contributed by atoms with van der Waals surface area (Å²) >= 11 is 1.12. The van der Waals surface area contributed by atoms with Crippen molar-refractivity contribution < 1.29 is 13.6 Å². The second-order valence-corrected chi connectivity index (χ2v) is 7.99. The molecule has 0 aliphatic carbocycles. The summed E-state index contributed by atoms with van der Waals surface area (Å²) in [4.78, 5) is 29.7. The lowest BCUT2D eigenvalue weighted by Gasteiger charge is -2.14. The third-order valence-corrected chi connectivity index (χ3v) is 5.21. The Bertz CT molecular complexity index is 1080. The van der Waals surface area contributed by atoms with E-state index in [1.54, 1.807) is 28.8 Å². The van der Waals surface area contributed by atoms with Gasteiger partial charge in [-0.15, -0.1) is 0 Å². The minimum Gasteiger partial charge on any atom is -0.325 e. The Hall–Kier alpha value is -2.74. The monoisotopic (exact) mass is 417 g/mol. The van der Waals surface area contributed by atoms with E-state index in [0.29, 0.717) is 28.5 Å². The summed E-state index contributed by atoms with van der Waals surface area (Å²) in [6, 6.07) is 9.89. The average Bonchev–Trinajstić information content (AvgIpc) is 2.65. The van der Waals surface area contributed by atoms with Crippen molar-refractivity contribution in [3.8, 4) is 0 Å². The average molecular weight is 417 g/mol. The zero-order chi connectivity index (χ0) is 21.0. The Balaban J connectivity index is 1.81. The van der Waals surface area contributed by atoms with Crippen LogP contribution in [0.2, 0.25) is 0 Å². The van der Waals surface area contributed by atoms with Crippen molar-refractivity contribution in [2.45, 2.75) is 32.0 Å². The van der Waals surface area contributed by atoms with Crippen molar-refractivity contribution in [1.29, 1.82) is 0 Å². The van der Waals surface area contributed by atoms with Crippen molar-refractivity contribution >= 4 is 34.3 Å². The van der Waals surface area contributed by atoms with E-state index in [1.807, 2.05) is 0 Å². The molecule has 0 fully saturated rings. The number of carbonyl (C=O) groups excluding carboxylic acids is 1. The molecular weight excluding hydrogens is 396 g/mol. The molecular formula is C21H21F2N3O2S. The van der Waals surface area contributed by atoms with Gasteiger partial charge in [-0.05, 0) is 36.6 Å². The highest BCUT2D eigenvalue weighted by Crippen LogP contribution is 2.20. The molecule has 0 spiro atoms. The Labute approximate surface area is 171 Å². The van der Waals surface area contributed by atoms with Crippen LogP contribution in [0.4, 0.5) is 14.5 Å². The summed E-state index contributed by atoms with van der Waals surface area (Å²) in [5, 5.41) is 3.43. The first-order valence-corrected chi connectivity index (χ1v) is 10.2. The van der Waals surface area contributed by atoms with E-state index in [2.05, 4.69) is 24.1 Å². The summed E-state index contributed by atoms with van der Waals surface area (Å²) in [6.45, 7) is 4.63. The maximum Gasteiger partial charge on any atom is 0.262 e. The topological polar surface area (TPSA) is 64.0 Å². The van der Waals surface area contributed by atoms with Crippen LogP contribution in [0.25, 0.3) is 10.9 Å². The van der Waals surface area contributed by atoms with E-state index in [-0.39, 0.29) is 17.0 Å². The molecule has 1 amide bonds. The molecule has 0 aliphatic heterocycles. The number of aromatic nitrogens is 2. The maximum atomic E-state index is 13.3. The summed E-state index contributed by atoms with van der Waals surface area (Å²) in [5.41, 5.74) is 0.455. The fourth-order valence-corrected chi connectivity index (χ4v) is 3.62. The van der Waals surface area contributed by atoms with Crippen LogP contribution in [-0.2, 0) is 11.3 Å². The van der Waals surface area contributed by atoms with Gasteiger partial charge in [-0.25, -0.2) is 13.8 Å². The van der Waals surface area contributed by atoms with Gasteiger partial charge in [0, 0.05) is 18.3 Å². The number of anilines is 1. The third kappa shape index (κ3) is 5.41. The molecule has 0 aliphatic rings. The highest BCUT2D eigenvalue weighted by atomic mass is 32.2. The van der Waals surface area contributed by atoms with E-state index in [0.717, 1.165) is 36.4 Å². The molecule has 5 nitrogen and oxygen atoms in total. The zero-order valence-electron chi connectivity index (χ0n) is 16.1. The number of hydrogen-bond acceptors (Lipinski definition) is 4. The van der Waals surface area contributed by atoms with Gasteiger partial charge in [0.1, 0.15) is 11.6 Å². The molecule has 1 heterocycles. The number of nitrogens with one attached hydrogen (secondary N) is 1. The molecule has 0 bridgehead atoms. The van der Waals surface area contributed by atoms with Gasteiger partial charge in [-0.2, -0.15) is 0 Å². The first-order valence-electron chi connectivity index (χ1n) is 9.22. The molecule has 29 heavy (non-hydrogen) atoms. The van der Waals surface area contributed by atoms with Gasteiger partial charge in [0.2, 0.25) is 5.91 Å². The molecule has 1 aromatic heterocycles. The molecule has 0 unspecified atom stereocenters. The van der Waals surface area contributed by atoms with Crippen LogP contribution in [-0.4, -0.2) is 21.2 Å². The number of nitrogens with zero attached hydrogens (tertiary/aromatic N) is 2. The molecule has 0 atom stereocenters. The lowest BCUT2D eigenvalue weighted by molar-refractivity contribution is -0.113. The second-order valence-electron chi connectivity index (χ2n) is 7.05. The van der Waals surface area contributed by atoms with Crippen LogP contribution in [0.5, 0.6) is 0 Å².